The van der Waals surface area contributed by atoms with Gasteiger partial charge < -0.3 is 5.11 Å². The minimum absolute atomic E-state index is 0.0245. The van der Waals surface area contributed by atoms with Crippen LogP contribution in [0.2, 0.25) is 0 Å². The van der Waals surface area contributed by atoms with E-state index < -0.39 is 5.41 Å². The third-order valence-electron chi connectivity index (χ3n) is 8.71. The molecule has 2 fully saturated rings. The number of rotatable bonds is 16. The number of aliphatic hydroxyl groups is 1. The van der Waals surface area contributed by atoms with Gasteiger partial charge in [0.15, 0.2) is 5.78 Å². The summed E-state index contributed by atoms with van der Waals surface area (Å²) in [5, 5.41) is 9.00. The van der Waals surface area contributed by atoms with Crippen LogP contribution < -0.4 is 0 Å². The highest BCUT2D eigenvalue weighted by Gasteiger charge is 2.58. The smallest absolute Gasteiger partial charge is 0.158 e. The number of allylic oxidation sites excluding steroid dienone is 2. The number of unbranched alkanes of at least 4 members (excludes halogenated alkanes) is 5. The third-order valence-corrected chi connectivity index (χ3v) is 8.71. The predicted molar refractivity (Wildman–Crippen MR) is 145 cm³/mol. The fourth-order valence-electron chi connectivity index (χ4n) is 6.58. The van der Waals surface area contributed by atoms with Crippen molar-refractivity contribution in [2.45, 2.75) is 103 Å². The van der Waals surface area contributed by atoms with Gasteiger partial charge in [0.2, 0.25) is 0 Å². The fraction of sp³-hybridized carbons (Fsp3) is 0.656. The van der Waals surface area contributed by atoms with E-state index in [1.165, 1.54) is 5.56 Å². The van der Waals surface area contributed by atoms with Crippen molar-refractivity contribution < 1.29 is 19.5 Å². The van der Waals surface area contributed by atoms with Gasteiger partial charge in [-0.25, -0.2) is 0 Å². The number of hydrogen-bond acceptors (Lipinski definition) is 4. The van der Waals surface area contributed by atoms with Crippen LogP contribution in [-0.4, -0.2) is 29.1 Å². The number of ketones is 3. The molecule has 0 saturated heterocycles. The van der Waals surface area contributed by atoms with E-state index in [-0.39, 0.29) is 41.7 Å². The molecule has 2 aliphatic carbocycles. The number of benzene rings is 1. The standard InChI is InChI=1S/C32H46O4/c1-2-3-14-27(17-16-25-12-8-7-9-13-25)29(34)19-18-26-22-23-32(30(35)20-21-31(32)36)28(26)15-10-5-4-6-11-24-33/h7-9,12-13,18-19,26-28,33H,2-6,10-11,14-17,20-24H2,1H3. The summed E-state index contributed by atoms with van der Waals surface area (Å²) in [5.41, 5.74) is 0.476. The maximum atomic E-state index is 13.3. The highest BCUT2D eigenvalue weighted by molar-refractivity contribution is 6.13. The van der Waals surface area contributed by atoms with Crippen LogP contribution in [0.25, 0.3) is 0 Å². The lowest BCUT2D eigenvalue weighted by Gasteiger charge is -2.30. The topological polar surface area (TPSA) is 71.4 Å². The molecule has 0 aliphatic heterocycles. The molecular weight excluding hydrogens is 448 g/mol. The summed E-state index contributed by atoms with van der Waals surface area (Å²) >= 11 is 0. The Morgan fingerprint density at radius 3 is 2.39 bits per heavy atom. The summed E-state index contributed by atoms with van der Waals surface area (Å²) in [6.07, 6.45) is 16.8. The normalized spacial score (nSPS) is 22.2. The first-order valence-corrected chi connectivity index (χ1v) is 14.5. The van der Waals surface area contributed by atoms with Crippen LogP contribution in [0, 0.1) is 23.2 Å². The van der Waals surface area contributed by atoms with Crippen LogP contribution in [0.1, 0.15) is 102 Å². The van der Waals surface area contributed by atoms with Gasteiger partial charge in [-0.3, -0.25) is 14.4 Å². The minimum atomic E-state index is -0.794. The number of hydrogen-bond donors (Lipinski definition) is 1. The molecule has 1 aromatic carbocycles. The zero-order valence-electron chi connectivity index (χ0n) is 22.3. The van der Waals surface area contributed by atoms with E-state index in [2.05, 4.69) is 25.1 Å². The molecule has 0 amide bonds. The Labute approximate surface area is 217 Å². The third kappa shape index (κ3) is 7.25. The first-order valence-electron chi connectivity index (χ1n) is 14.5. The quantitative estimate of drug-likeness (QED) is 0.155. The molecule has 4 heteroatoms. The molecule has 4 nitrogen and oxygen atoms in total. The van der Waals surface area contributed by atoms with Crippen LogP contribution >= 0.6 is 0 Å². The maximum Gasteiger partial charge on any atom is 0.158 e. The van der Waals surface area contributed by atoms with Gasteiger partial charge in [-0.1, -0.05) is 81.9 Å². The molecule has 2 aliphatic rings. The van der Waals surface area contributed by atoms with Gasteiger partial charge in [0.1, 0.15) is 11.6 Å². The Morgan fingerprint density at radius 2 is 1.69 bits per heavy atom. The number of carbonyl (C=O) groups is 3. The van der Waals surface area contributed by atoms with Crippen LogP contribution in [0.3, 0.4) is 0 Å². The van der Waals surface area contributed by atoms with Gasteiger partial charge in [-0.2, -0.15) is 0 Å². The van der Waals surface area contributed by atoms with E-state index in [1.54, 1.807) is 6.08 Å². The second kappa shape index (κ2) is 14.6. The van der Waals surface area contributed by atoms with E-state index in [0.717, 1.165) is 77.0 Å². The summed E-state index contributed by atoms with van der Waals surface area (Å²) in [7, 11) is 0. The molecule has 3 atom stereocenters. The predicted octanol–water partition coefficient (Wildman–Crippen LogP) is 6.83. The Bertz CT molecular complexity index is 855. The van der Waals surface area contributed by atoms with Crippen LogP contribution in [0.4, 0.5) is 0 Å². The molecule has 0 radical (unpaired) electrons. The summed E-state index contributed by atoms with van der Waals surface area (Å²) in [6, 6.07) is 10.4. The minimum Gasteiger partial charge on any atom is -0.396 e. The summed E-state index contributed by atoms with van der Waals surface area (Å²) in [4.78, 5) is 39.3. The second-order valence-corrected chi connectivity index (χ2v) is 11.0. The van der Waals surface area contributed by atoms with Crippen molar-refractivity contribution in [3.63, 3.8) is 0 Å². The zero-order valence-corrected chi connectivity index (χ0v) is 22.3. The summed E-state index contributed by atoms with van der Waals surface area (Å²) < 4.78 is 0. The van der Waals surface area contributed by atoms with Crippen molar-refractivity contribution in [1.29, 1.82) is 0 Å². The molecule has 0 aromatic heterocycles. The Balaban J connectivity index is 1.66. The lowest BCUT2D eigenvalue weighted by molar-refractivity contribution is -0.137. The van der Waals surface area contributed by atoms with Gasteiger partial charge in [0, 0.05) is 25.4 Å². The number of aliphatic hydroxyl groups excluding tert-OH is 1. The Hall–Kier alpha value is -2.07. The van der Waals surface area contributed by atoms with Gasteiger partial charge in [0.25, 0.3) is 0 Å². The highest BCUT2D eigenvalue weighted by Crippen LogP contribution is 2.55. The summed E-state index contributed by atoms with van der Waals surface area (Å²) in [5.74, 6) is 0.662. The molecule has 1 spiro atoms. The van der Waals surface area contributed by atoms with E-state index >= 15 is 0 Å². The van der Waals surface area contributed by atoms with Gasteiger partial charge in [0.05, 0.1) is 5.41 Å². The average Bonchev–Trinajstić information content (AvgIpc) is 3.40. The van der Waals surface area contributed by atoms with Crippen molar-refractivity contribution in [3.05, 3.63) is 48.0 Å². The van der Waals surface area contributed by atoms with Crippen molar-refractivity contribution in [2.75, 3.05) is 6.61 Å². The number of Topliss-reactive ketones (excluding diaryl/α,β-unsaturated/α-hetero) is 2. The van der Waals surface area contributed by atoms with Crippen molar-refractivity contribution >= 4 is 17.3 Å². The molecule has 198 valence electrons. The second-order valence-electron chi connectivity index (χ2n) is 11.0. The van der Waals surface area contributed by atoms with E-state index in [0.29, 0.717) is 19.3 Å². The lowest BCUT2D eigenvalue weighted by Crippen LogP contribution is -2.38. The van der Waals surface area contributed by atoms with Crippen molar-refractivity contribution in [2.24, 2.45) is 23.2 Å². The monoisotopic (exact) mass is 494 g/mol. The summed E-state index contributed by atoms with van der Waals surface area (Å²) in [6.45, 7) is 2.40. The van der Waals surface area contributed by atoms with Crippen LogP contribution in [0.15, 0.2) is 42.5 Å². The molecule has 3 rings (SSSR count). The maximum absolute atomic E-state index is 13.3. The largest absolute Gasteiger partial charge is 0.396 e. The van der Waals surface area contributed by atoms with Gasteiger partial charge >= 0.3 is 0 Å². The fourth-order valence-corrected chi connectivity index (χ4v) is 6.58. The van der Waals surface area contributed by atoms with E-state index in [4.69, 9.17) is 5.11 Å². The van der Waals surface area contributed by atoms with Gasteiger partial charge in [-0.05, 0) is 68.4 Å². The molecule has 1 N–H and O–H groups in total. The zero-order chi connectivity index (χ0) is 25.8. The van der Waals surface area contributed by atoms with Crippen molar-refractivity contribution in [3.8, 4) is 0 Å². The highest BCUT2D eigenvalue weighted by atomic mass is 16.3. The average molecular weight is 495 g/mol. The lowest BCUT2D eigenvalue weighted by atomic mass is 9.70. The van der Waals surface area contributed by atoms with Gasteiger partial charge in [-0.15, -0.1) is 0 Å². The molecule has 0 heterocycles. The first-order chi connectivity index (χ1) is 17.5. The number of carbonyl (C=O) groups excluding carboxylic acids is 3. The molecule has 3 unspecified atom stereocenters. The molecule has 36 heavy (non-hydrogen) atoms. The Kier molecular flexibility index (Phi) is 11.6. The van der Waals surface area contributed by atoms with Crippen LogP contribution in [-0.2, 0) is 20.8 Å². The first kappa shape index (κ1) is 28.5. The molecule has 2 saturated carbocycles. The SMILES string of the molecule is CCCCC(CCc1ccccc1)C(=O)C=CC1CCC2(C(=O)CCC2=O)C1CCCCCCCO. The van der Waals surface area contributed by atoms with E-state index in [1.807, 2.05) is 18.2 Å². The molecule has 0 bridgehead atoms. The number of aryl methyl sites for hydroxylation is 1. The molecule has 1 aromatic rings. The van der Waals surface area contributed by atoms with Crippen LogP contribution in [0.5, 0.6) is 0 Å². The van der Waals surface area contributed by atoms with E-state index in [9.17, 15) is 14.4 Å². The molecular formula is C32H46O4. The van der Waals surface area contributed by atoms with Crippen molar-refractivity contribution in [1.82, 2.24) is 0 Å². The Morgan fingerprint density at radius 1 is 1.00 bits per heavy atom.